The van der Waals surface area contributed by atoms with Crippen LogP contribution in [0, 0.1) is 11.7 Å². The second-order valence-corrected chi connectivity index (χ2v) is 7.36. The molecule has 7 nitrogen and oxygen atoms in total. The lowest BCUT2D eigenvalue weighted by atomic mass is 10.0. The van der Waals surface area contributed by atoms with Gasteiger partial charge in [0.25, 0.3) is 5.91 Å². The van der Waals surface area contributed by atoms with E-state index in [0.29, 0.717) is 5.56 Å². The maximum Gasteiger partial charge on any atom is 0.312 e. The summed E-state index contributed by atoms with van der Waals surface area (Å²) < 4.78 is 18.5. The first-order valence-corrected chi connectivity index (χ1v) is 10.1. The van der Waals surface area contributed by atoms with Crippen LogP contribution in [0.4, 0.5) is 4.39 Å². The number of alkyl halides is 1. The zero-order valence-electron chi connectivity index (χ0n) is 16.4. The summed E-state index contributed by atoms with van der Waals surface area (Å²) >= 11 is 5.74. The van der Waals surface area contributed by atoms with Crippen LogP contribution in [0.25, 0.3) is 0 Å². The van der Waals surface area contributed by atoms with E-state index in [1.807, 2.05) is 0 Å². The second kappa shape index (κ2) is 10.2. The maximum absolute atomic E-state index is 13.1. The van der Waals surface area contributed by atoms with Crippen molar-refractivity contribution < 1.29 is 28.3 Å². The number of carbonyl (C=O) groups excluding carboxylic acids is 4. The summed E-state index contributed by atoms with van der Waals surface area (Å²) in [4.78, 5) is 49.7. The SMILES string of the molecule is O=C(NN1C[C@H](C(=O)O[C@@H](CCCl)C(=O)c2ccc(F)cc2)CC1=O)c1ccccc1. The van der Waals surface area contributed by atoms with E-state index in [4.69, 9.17) is 16.3 Å². The molecule has 0 aromatic heterocycles. The van der Waals surface area contributed by atoms with Gasteiger partial charge in [-0.3, -0.25) is 29.6 Å². The molecule has 0 radical (unpaired) electrons. The lowest BCUT2D eigenvalue weighted by molar-refractivity contribution is -0.151. The molecule has 1 heterocycles. The van der Waals surface area contributed by atoms with Crippen LogP contribution in [0.1, 0.15) is 33.6 Å². The predicted octanol–water partition coefficient (Wildman–Crippen LogP) is 2.74. The summed E-state index contributed by atoms with van der Waals surface area (Å²) in [5.41, 5.74) is 3.03. The van der Waals surface area contributed by atoms with Crippen LogP contribution in [0.3, 0.4) is 0 Å². The first-order chi connectivity index (χ1) is 14.9. The number of hydrogen-bond donors (Lipinski definition) is 1. The molecule has 2 aromatic rings. The van der Waals surface area contributed by atoms with Gasteiger partial charge in [0.15, 0.2) is 6.10 Å². The number of esters is 1. The normalized spacial score (nSPS) is 16.6. The Morgan fingerprint density at radius 1 is 1.10 bits per heavy atom. The van der Waals surface area contributed by atoms with Crippen LogP contribution in [-0.2, 0) is 14.3 Å². The lowest BCUT2D eigenvalue weighted by Gasteiger charge is -2.19. The zero-order valence-corrected chi connectivity index (χ0v) is 17.2. The van der Waals surface area contributed by atoms with Gasteiger partial charge in [0, 0.05) is 29.8 Å². The highest BCUT2D eigenvalue weighted by atomic mass is 35.5. The number of benzene rings is 2. The molecule has 1 aliphatic rings. The minimum Gasteiger partial charge on any atom is -0.454 e. The van der Waals surface area contributed by atoms with Crippen molar-refractivity contribution in [2.45, 2.75) is 18.9 Å². The molecule has 3 rings (SSSR count). The Hall–Kier alpha value is -3.26. The molecular formula is C22H20ClFN2O5. The van der Waals surface area contributed by atoms with Crippen LogP contribution >= 0.6 is 11.6 Å². The van der Waals surface area contributed by atoms with Crippen molar-refractivity contribution >= 4 is 35.2 Å². The smallest absolute Gasteiger partial charge is 0.312 e. The van der Waals surface area contributed by atoms with E-state index in [1.165, 1.54) is 12.1 Å². The van der Waals surface area contributed by atoms with Crippen molar-refractivity contribution in [3.8, 4) is 0 Å². The first-order valence-electron chi connectivity index (χ1n) is 9.61. The standard InChI is InChI=1S/C22H20ClFN2O5/c23-11-10-18(20(28)14-6-8-17(24)9-7-14)31-22(30)16-12-19(27)26(13-16)25-21(29)15-4-2-1-3-5-15/h1-9,16,18H,10-13H2,(H,25,29)/t16-,18+/m1/s1. The van der Waals surface area contributed by atoms with Crippen LogP contribution in [0.15, 0.2) is 54.6 Å². The van der Waals surface area contributed by atoms with E-state index in [9.17, 15) is 23.6 Å². The van der Waals surface area contributed by atoms with E-state index in [0.717, 1.165) is 17.1 Å². The molecule has 1 aliphatic heterocycles. The highest BCUT2D eigenvalue weighted by molar-refractivity contribution is 6.18. The third-order valence-electron chi connectivity index (χ3n) is 4.78. The lowest BCUT2D eigenvalue weighted by Crippen LogP contribution is -2.43. The number of amides is 2. The first kappa shape index (κ1) is 22.4. The number of hydrazine groups is 1. The van der Waals surface area contributed by atoms with Crippen LogP contribution in [0.2, 0.25) is 0 Å². The summed E-state index contributed by atoms with van der Waals surface area (Å²) in [6.45, 7) is -0.0748. The quantitative estimate of drug-likeness (QED) is 0.382. The van der Waals surface area contributed by atoms with Gasteiger partial charge in [-0.25, -0.2) is 4.39 Å². The van der Waals surface area contributed by atoms with Gasteiger partial charge in [0.05, 0.1) is 12.5 Å². The third-order valence-corrected chi connectivity index (χ3v) is 5.00. The van der Waals surface area contributed by atoms with Gasteiger partial charge >= 0.3 is 5.97 Å². The molecular weight excluding hydrogens is 427 g/mol. The fourth-order valence-corrected chi connectivity index (χ4v) is 3.33. The van der Waals surface area contributed by atoms with Crippen LogP contribution in [0.5, 0.6) is 0 Å². The van der Waals surface area contributed by atoms with Gasteiger partial charge in [-0.1, -0.05) is 18.2 Å². The summed E-state index contributed by atoms with van der Waals surface area (Å²) in [7, 11) is 0. The molecule has 0 spiro atoms. The molecule has 0 aliphatic carbocycles. The van der Waals surface area contributed by atoms with Crippen molar-refractivity contribution in [1.82, 2.24) is 10.4 Å². The molecule has 2 atom stereocenters. The number of Topliss-reactive ketones (excluding diaryl/α,β-unsaturated/α-hetero) is 1. The number of nitrogens with one attached hydrogen (secondary N) is 1. The van der Waals surface area contributed by atoms with E-state index >= 15 is 0 Å². The zero-order chi connectivity index (χ0) is 22.4. The maximum atomic E-state index is 13.1. The molecule has 1 saturated heterocycles. The Kier molecular flexibility index (Phi) is 7.36. The Bertz CT molecular complexity index is 968. The Morgan fingerprint density at radius 2 is 1.77 bits per heavy atom. The van der Waals surface area contributed by atoms with Crippen molar-refractivity contribution in [3.05, 3.63) is 71.5 Å². The van der Waals surface area contributed by atoms with Crippen molar-refractivity contribution in [3.63, 3.8) is 0 Å². The number of rotatable bonds is 8. The Labute approximate surface area is 183 Å². The molecule has 0 bridgehead atoms. The van der Waals surface area contributed by atoms with E-state index < -0.39 is 41.4 Å². The molecule has 2 amide bonds. The number of halogens is 2. The molecule has 31 heavy (non-hydrogen) atoms. The monoisotopic (exact) mass is 446 g/mol. The van der Waals surface area contributed by atoms with Gasteiger partial charge < -0.3 is 4.74 Å². The molecule has 9 heteroatoms. The molecule has 0 saturated carbocycles. The van der Waals surface area contributed by atoms with Gasteiger partial charge in [-0.15, -0.1) is 11.6 Å². The van der Waals surface area contributed by atoms with E-state index in [2.05, 4.69) is 5.43 Å². The van der Waals surface area contributed by atoms with Crippen molar-refractivity contribution in [1.29, 1.82) is 0 Å². The minimum absolute atomic E-state index is 0.0632. The molecule has 0 unspecified atom stereocenters. The molecule has 2 aromatic carbocycles. The number of carbonyl (C=O) groups is 4. The van der Waals surface area contributed by atoms with Crippen molar-refractivity contribution in [2.24, 2.45) is 5.92 Å². The highest BCUT2D eigenvalue weighted by Crippen LogP contribution is 2.21. The van der Waals surface area contributed by atoms with Crippen LogP contribution in [-0.4, -0.2) is 47.1 Å². The molecule has 1 fully saturated rings. The van der Waals surface area contributed by atoms with Crippen molar-refractivity contribution in [2.75, 3.05) is 12.4 Å². The van der Waals surface area contributed by atoms with E-state index in [-0.39, 0.29) is 30.8 Å². The summed E-state index contributed by atoms with van der Waals surface area (Å²) in [5, 5.41) is 1.07. The van der Waals surface area contributed by atoms with Gasteiger partial charge in [0.2, 0.25) is 11.7 Å². The number of ketones is 1. The fraction of sp³-hybridized carbons (Fsp3) is 0.273. The number of ether oxygens (including phenoxy) is 1. The topological polar surface area (TPSA) is 92.8 Å². The van der Waals surface area contributed by atoms with Crippen LogP contribution < -0.4 is 5.43 Å². The van der Waals surface area contributed by atoms with Gasteiger partial charge in [-0.2, -0.15) is 0 Å². The second-order valence-electron chi connectivity index (χ2n) is 6.99. The predicted molar refractivity (Wildman–Crippen MR) is 110 cm³/mol. The fourth-order valence-electron chi connectivity index (χ4n) is 3.13. The highest BCUT2D eigenvalue weighted by Gasteiger charge is 2.38. The Morgan fingerprint density at radius 3 is 2.42 bits per heavy atom. The summed E-state index contributed by atoms with van der Waals surface area (Å²) in [6.07, 6.45) is -1.25. The number of nitrogens with zero attached hydrogens (tertiary/aromatic N) is 1. The summed E-state index contributed by atoms with van der Waals surface area (Å²) in [6, 6.07) is 13.2. The minimum atomic E-state index is -1.15. The number of hydrogen-bond acceptors (Lipinski definition) is 5. The average molecular weight is 447 g/mol. The average Bonchev–Trinajstić information content (AvgIpc) is 3.14. The molecule has 1 N–H and O–H groups in total. The van der Waals surface area contributed by atoms with Gasteiger partial charge in [0.1, 0.15) is 5.82 Å². The summed E-state index contributed by atoms with van der Waals surface area (Å²) in [5.74, 6) is -3.44. The van der Waals surface area contributed by atoms with E-state index in [1.54, 1.807) is 30.3 Å². The third kappa shape index (κ3) is 5.67. The largest absolute Gasteiger partial charge is 0.454 e. The Balaban J connectivity index is 1.62. The van der Waals surface area contributed by atoms with Gasteiger partial charge in [-0.05, 0) is 36.4 Å². The molecule has 162 valence electrons.